The van der Waals surface area contributed by atoms with E-state index in [0.29, 0.717) is 0 Å². The lowest BCUT2D eigenvalue weighted by Gasteiger charge is -2.20. The van der Waals surface area contributed by atoms with Crippen LogP contribution in [-0.2, 0) is 4.79 Å². The van der Waals surface area contributed by atoms with Crippen LogP contribution in [0.1, 0.15) is 55.8 Å². The molecule has 0 saturated carbocycles. The summed E-state index contributed by atoms with van der Waals surface area (Å²) >= 11 is 0. The fraction of sp³-hybridized carbons (Fsp3) is 0.333. The number of rotatable bonds is 5. The first-order chi connectivity index (χ1) is 12.4. The number of fused-ring (bicyclic) bond motifs is 1. The summed E-state index contributed by atoms with van der Waals surface area (Å²) in [7, 11) is 0. The average molecular weight is 350 g/mol. The number of nitrogens with zero attached hydrogens (tertiary/aromatic N) is 2. The summed E-state index contributed by atoms with van der Waals surface area (Å²) in [6, 6.07) is 15.0. The number of amides is 1. The highest BCUT2D eigenvalue weighted by Crippen LogP contribution is 2.25. The molecule has 0 aliphatic rings. The molecule has 0 saturated heterocycles. The third-order valence-electron chi connectivity index (χ3n) is 4.60. The van der Waals surface area contributed by atoms with E-state index in [-0.39, 0.29) is 18.0 Å². The van der Waals surface area contributed by atoms with Gasteiger partial charge in [-0.3, -0.25) is 4.79 Å². The number of para-hydroxylation sites is 2. The molecular weight excluding hydrogens is 324 g/mol. The molecule has 26 heavy (non-hydrogen) atoms. The van der Waals surface area contributed by atoms with Gasteiger partial charge in [-0.2, -0.15) is 0 Å². The monoisotopic (exact) mass is 350 g/mol. The van der Waals surface area contributed by atoms with Crippen molar-refractivity contribution >= 4 is 16.9 Å². The Morgan fingerprint density at radius 2 is 1.73 bits per heavy atom. The van der Waals surface area contributed by atoms with Crippen LogP contribution in [0.25, 0.3) is 11.0 Å². The van der Waals surface area contributed by atoms with Crippen LogP contribution in [-0.4, -0.2) is 15.5 Å². The molecule has 1 amide bonds. The van der Waals surface area contributed by atoms with E-state index >= 15 is 0 Å². The number of benzene rings is 2. The van der Waals surface area contributed by atoms with Crippen molar-refractivity contribution in [1.29, 1.82) is 0 Å². The molecule has 2 unspecified atom stereocenters. The third-order valence-corrected chi connectivity index (χ3v) is 4.60. The van der Waals surface area contributed by atoms with Gasteiger partial charge in [0.05, 0.1) is 17.1 Å². The zero-order valence-corrected chi connectivity index (χ0v) is 15.7. The van der Waals surface area contributed by atoms with Crippen molar-refractivity contribution in [3.8, 4) is 0 Å². The summed E-state index contributed by atoms with van der Waals surface area (Å²) in [5.74, 6) is 0.634. The first-order valence-corrected chi connectivity index (χ1v) is 8.98. The standard InChI is InChI=1S/C21H26N4O/c1-13(2)25-18-8-6-5-7-17(18)24-20(25)15(4)23-21(26)19(22)16-11-9-14(3)10-12-16/h5-13,15,19H,22H2,1-4H3,(H,23,26). The predicted molar refractivity (Wildman–Crippen MR) is 105 cm³/mol. The SMILES string of the molecule is Cc1ccc(C(N)C(=O)NC(C)c2nc3ccccc3n2C(C)C)cc1. The number of aryl methyl sites for hydroxylation is 1. The number of carbonyl (C=O) groups excluding carboxylic acids is 1. The Morgan fingerprint density at radius 3 is 2.38 bits per heavy atom. The maximum atomic E-state index is 12.6. The molecule has 1 aromatic heterocycles. The van der Waals surface area contributed by atoms with Crippen molar-refractivity contribution in [3.05, 3.63) is 65.5 Å². The molecule has 0 spiro atoms. The van der Waals surface area contributed by atoms with Gasteiger partial charge in [-0.1, -0.05) is 42.0 Å². The van der Waals surface area contributed by atoms with Gasteiger partial charge >= 0.3 is 0 Å². The van der Waals surface area contributed by atoms with E-state index in [1.807, 2.05) is 56.3 Å². The van der Waals surface area contributed by atoms with Crippen LogP contribution in [0.5, 0.6) is 0 Å². The predicted octanol–water partition coefficient (Wildman–Crippen LogP) is 3.80. The molecule has 3 N–H and O–H groups in total. The molecule has 0 radical (unpaired) electrons. The summed E-state index contributed by atoms with van der Waals surface area (Å²) in [6.45, 7) is 8.18. The molecule has 0 aliphatic carbocycles. The Bertz CT molecular complexity index is 911. The van der Waals surface area contributed by atoms with E-state index in [4.69, 9.17) is 10.7 Å². The largest absolute Gasteiger partial charge is 0.345 e. The summed E-state index contributed by atoms with van der Waals surface area (Å²) in [5.41, 5.74) is 10.1. The highest BCUT2D eigenvalue weighted by atomic mass is 16.2. The fourth-order valence-electron chi connectivity index (χ4n) is 3.20. The maximum Gasteiger partial charge on any atom is 0.242 e. The fourth-order valence-corrected chi connectivity index (χ4v) is 3.20. The van der Waals surface area contributed by atoms with Gasteiger partial charge in [0.2, 0.25) is 5.91 Å². The minimum Gasteiger partial charge on any atom is -0.345 e. The van der Waals surface area contributed by atoms with Gasteiger partial charge in [-0.15, -0.1) is 0 Å². The summed E-state index contributed by atoms with van der Waals surface area (Å²) in [4.78, 5) is 17.4. The number of hydrogen-bond acceptors (Lipinski definition) is 3. The Labute approximate surface area is 154 Å². The van der Waals surface area contributed by atoms with Crippen molar-refractivity contribution in [3.63, 3.8) is 0 Å². The highest BCUT2D eigenvalue weighted by molar-refractivity contribution is 5.83. The van der Waals surface area contributed by atoms with Crippen molar-refractivity contribution < 1.29 is 4.79 Å². The normalized spacial score (nSPS) is 13.8. The van der Waals surface area contributed by atoms with E-state index in [0.717, 1.165) is 28.0 Å². The van der Waals surface area contributed by atoms with E-state index in [9.17, 15) is 4.79 Å². The Balaban J connectivity index is 1.84. The molecule has 0 bridgehead atoms. The molecule has 5 heteroatoms. The van der Waals surface area contributed by atoms with E-state index in [1.54, 1.807) is 0 Å². The van der Waals surface area contributed by atoms with Gasteiger partial charge in [0.25, 0.3) is 0 Å². The molecule has 0 fully saturated rings. The van der Waals surface area contributed by atoms with Crippen LogP contribution in [0, 0.1) is 6.92 Å². The first-order valence-electron chi connectivity index (χ1n) is 8.98. The first kappa shape index (κ1) is 18.1. The molecule has 3 rings (SSSR count). The Kier molecular flexibility index (Phi) is 5.09. The van der Waals surface area contributed by atoms with Gasteiger partial charge in [0.15, 0.2) is 0 Å². The second-order valence-corrected chi connectivity index (χ2v) is 7.04. The molecule has 3 aromatic rings. The molecule has 1 heterocycles. The zero-order chi connectivity index (χ0) is 18.8. The molecular formula is C21H26N4O. The Hall–Kier alpha value is -2.66. The molecule has 0 aliphatic heterocycles. The quantitative estimate of drug-likeness (QED) is 0.735. The van der Waals surface area contributed by atoms with Crippen molar-refractivity contribution in [2.45, 2.75) is 45.8 Å². The van der Waals surface area contributed by atoms with Gasteiger partial charge in [-0.25, -0.2) is 4.98 Å². The number of nitrogens with one attached hydrogen (secondary N) is 1. The smallest absolute Gasteiger partial charge is 0.242 e. The topological polar surface area (TPSA) is 72.9 Å². The summed E-state index contributed by atoms with van der Waals surface area (Å²) < 4.78 is 2.16. The van der Waals surface area contributed by atoms with Gasteiger partial charge in [0, 0.05) is 6.04 Å². The number of carbonyl (C=O) groups is 1. The van der Waals surface area contributed by atoms with Crippen LogP contribution >= 0.6 is 0 Å². The van der Waals surface area contributed by atoms with Crippen LogP contribution in [0.3, 0.4) is 0 Å². The lowest BCUT2D eigenvalue weighted by atomic mass is 10.0. The van der Waals surface area contributed by atoms with Crippen molar-refractivity contribution in [1.82, 2.24) is 14.9 Å². The second-order valence-electron chi connectivity index (χ2n) is 7.04. The van der Waals surface area contributed by atoms with Gasteiger partial charge < -0.3 is 15.6 Å². The maximum absolute atomic E-state index is 12.6. The summed E-state index contributed by atoms with van der Waals surface area (Å²) in [6.07, 6.45) is 0. The minimum atomic E-state index is -0.699. The zero-order valence-electron chi connectivity index (χ0n) is 15.7. The van der Waals surface area contributed by atoms with Crippen molar-refractivity contribution in [2.75, 3.05) is 0 Å². The van der Waals surface area contributed by atoms with Crippen LogP contribution < -0.4 is 11.1 Å². The van der Waals surface area contributed by atoms with E-state index in [2.05, 4.69) is 29.8 Å². The second kappa shape index (κ2) is 7.30. The van der Waals surface area contributed by atoms with Crippen LogP contribution in [0.2, 0.25) is 0 Å². The van der Waals surface area contributed by atoms with Crippen LogP contribution in [0.4, 0.5) is 0 Å². The van der Waals surface area contributed by atoms with Crippen LogP contribution in [0.15, 0.2) is 48.5 Å². The number of aromatic nitrogens is 2. The van der Waals surface area contributed by atoms with Crippen molar-refractivity contribution in [2.24, 2.45) is 5.73 Å². The minimum absolute atomic E-state index is 0.205. The lowest BCUT2D eigenvalue weighted by molar-refractivity contribution is -0.123. The molecule has 2 aromatic carbocycles. The summed E-state index contributed by atoms with van der Waals surface area (Å²) in [5, 5.41) is 3.02. The number of hydrogen-bond donors (Lipinski definition) is 2. The van der Waals surface area contributed by atoms with Gasteiger partial charge in [-0.05, 0) is 45.4 Å². The molecule has 136 valence electrons. The third kappa shape index (κ3) is 3.48. The average Bonchev–Trinajstić information content (AvgIpc) is 3.01. The lowest BCUT2D eigenvalue weighted by Crippen LogP contribution is -2.36. The van der Waals surface area contributed by atoms with Gasteiger partial charge in [0.1, 0.15) is 11.9 Å². The van der Waals surface area contributed by atoms with E-state index < -0.39 is 6.04 Å². The molecule has 2 atom stereocenters. The van der Waals surface area contributed by atoms with E-state index in [1.165, 1.54) is 0 Å². The highest BCUT2D eigenvalue weighted by Gasteiger charge is 2.23. The molecule has 5 nitrogen and oxygen atoms in total. The Morgan fingerprint density at radius 1 is 1.08 bits per heavy atom. The number of nitrogens with two attached hydrogens (primary N) is 1. The number of imidazole rings is 1.